The Kier molecular flexibility index (Phi) is 4.90. The molecule has 1 heterocycles. The van der Waals surface area contributed by atoms with Crippen LogP contribution in [-0.2, 0) is 6.18 Å². The lowest BCUT2D eigenvalue weighted by molar-refractivity contribution is -0.141. The van der Waals surface area contributed by atoms with Gasteiger partial charge in [0, 0.05) is 6.20 Å². The number of nitrogens with zero attached hydrogens (tertiary/aromatic N) is 2. The molecule has 0 saturated heterocycles. The first-order chi connectivity index (χ1) is 6.54. The predicted molar refractivity (Wildman–Crippen MR) is 44.9 cm³/mol. The SMILES string of the molecule is CC.COc1nccc(C(F)(F)F)n1. The van der Waals surface area contributed by atoms with Crippen LogP contribution in [0.5, 0.6) is 6.01 Å². The highest BCUT2D eigenvalue weighted by Crippen LogP contribution is 2.27. The molecule has 0 aliphatic rings. The third kappa shape index (κ3) is 3.59. The zero-order chi connectivity index (χ0) is 11.2. The molecule has 0 spiro atoms. The van der Waals surface area contributed by atoms with E-state index in [0.717, 1.165) is 12.3 Å². The van der Waals surface area contributed by atoms with Crippen molar-refractivity contribution in [3.63, 3.8) is 0 Å². The third-order valence-electron chi connectivity index (χ3n) is 1.11. The molecule has 1 aromatic rings. The Hall–Kier alpha value is -1.33. The summed E-state index contributed by atoms with van der Waals surface area (Å²) in [6, 6.07) is 0.493. The van der Waals surface area contributed by atoms with Gasteiger partial charge in [-0.25, -0.2) is 4.98 Å². The molecule has 1 rings (SSSR count). The van der Waals surface area contributed by atoms with Gasteiger partial charge in [0.1, 0.15) is 0 Å². The maximum absolute atomic E-state index is 12.0. The van der Waals surface area contributed by atoms with Gasteiger partial charge in [0.25, 0.3) is 0 Å². The predicted octanol–water partition coefficient (Wildman–Crippen LogP) is 2.53. The summed E-state index contributed by atoms with van der Waals surface area (Å²) < 4.78 is 40.3. The third-order valence-corrected chi connectivity index (χ3v) is 1.11. The number of halogens is 3. The minimum atomic E-state index is -4.45. The molecule has 3 nitrogen and oxygen atoms in total. The molecule has 0 saturated carbocycles. The number of rotatable bonds is 1. The molecule has 0 N–H and O–H groups in total. The Balaban J connectivity index is 0.000000791. The number of hydrogen-bond donors (Lipinski definition) is 0. The van der Waals surface area contributed by atoms with Crippen LogP contribution in [-0.4, -0.2) is 17.1 Å². The van der Waals surface area contributed by atoms with E-state index >= 15 is 0 Å². The summed E-state index contributed by atoms with van der Waals surface area (Å²) in [7, 11) is 1.20. The highest BCUT2D eigenvalue weighted by molar-refractivity contribution is 5.08. The van der Waals surface area contributed by atoms with Crippen LogP contribution in [0.15, 0.2) is 12.3 Å². The fourth-order valence-corrected chi connectivity index (χ4v) is 0.597. The lowest BCUT2D eigenvalue weighted by Gasteiger charge is -2.05. The molecule has 0 bridgehead atoms. The van der Waals surface area contributed by atoms with E-state index in [4.69, 9.17) is 0 Å². The molecule has 0 radical (unpaired) electrons. The van der Waals surface area contributed by atoms with Crippen LogP contribution in [0.25, 0.3) is 0 Å². The van der Waals surface area contributed by atoms with Gasteiger partial charge in [-0.15, -0.1) is 0 Å². The number of methoxy groups -OCH3 is 1. The minimum Gasteiger partial charge on any atom is -0.467 e. The average Bonchev–Trinajstić information content (AvgIpc) is 2.20. The molecule has 0 amide bonds. The van der Waals surface area contributed by atoms with Gasteiger partial charge < -0.3 is 4.74 Å². The van der Waals surface area contributed by atoms with Gasteiger partial charge in [0.2, 0.25) is 0 Å². The fraction of sp³-hybridized carbons (Fsp3) is 0.500. The number of aromatic nitrogens is 2. The normalized spacial score (nSPS) is 10.1. The van der Waals surface area contributed by atoms with Crippen molar-refractivity contribution in [3.8, 4) is 6.01 Å². The summed E-state index contributed by atoms with van der Waals surface area (Å²) in [6.45, 7) is 4.00. The lowest BCUT2D eigenvalue weighted by atomic mass is 10.4. The minimum absolute atomic E-state index is 0.287. The first-order valence-corrected chi connectivity index (χ1v) is 3.98. The summed E-state index contributed by atoms with van der Waals surface area (Å²) >= 11 is 0. The van der Waals surface area contributed by atoms with E-state index in [1.165, 1.54) is 7.11 Å². The second kappa shape index (κ2) is 5.41. The van der Waals surface area contributed by atoms with Crippen molar-refractivity contribution in [2.24, 2.45) is 0 Å². The Morgan fingerprint density at radius 3 is 2.29 bits per heavy atom. The average molecular weight is 208 g/mol. The molecule has 80 valence electrons. The zero-order valence-corrected chi connectivity index (χ0v) is 8.09. The van der Waals surface area contributed by atoms with Crippen molar-refractivity contribution >= 4 is 0 Å². The van der Waals surface area contributed by atoms with E-state index in [0.29, 0.717) is 0 Å². The van der Waals surface area contributed by atoms with Crippen molar-refractivity contribution in [1.29, 1.82) is 0 Å². The van der Waals surface area contributed by atoms with Crippen molar-refractivity contribution in [3.05, 3.63) is 18.0 Å². The van der Waals surface area contributed by atoms with Crippen molar-refractivity contribution in [1.82, 2.24) is 9.97 Å². The Morgan fingerprint density at radius 1 is 1.29 bits per heavy atom. The maximum atomic E-state index is 12.0. The Morgan fingerprint density at radius 2 is 1.86 bits per heavy atom. The highest BCUT2D eigenvalue weighted by atomic mass is 19.4. The smallest absolute Gasteiger partial charge is 0.433 e. The highest BCUT2D eigenvalue weighted by Gasteiger charge is 2.32. The van der Waals surface area contributed by atoms with E-state index < -0.39 is 11.9 Å². The number of alkyl halides is 3. The molecule has 14 heavy (non-hydrogen) atoms. The van der Waals surface area contributed by atoms with Crippen LogP contribution in [0.3, 0.4) is 0 Å². The van der Waals surface area contributed by atoms with Crippen LogP contribution in [0.1, 0.15) is 19.5 Å². The molecule has 0 aromatic carbocycles. The second-order valence-electron chi connectivity index (χ2n) is 1.93. The van der Waals surface area contributed by atoms with Gasteiger partial charge in [-0.05, 0) is 6.07 Å². The number of ether oxygens (including phenoxy) is 1. The van der Waals surface area contributed by atoms with E-state index in [2.05, 4.69) is 14.7 Å². The van der Waals surface area contributed by atoms with Crippen LogP contribution < -0.4 is 4.74 Å². The Bertz CT molecular complexity index is 276. The molecule has 0 aliphatic carbocycles. The molecule has 0 atom stereocenters. The zero-order valence-electron chi connectivity index (χ0n) is 8.09. The molecule has 0 aliphatic heterocycles. The topological polar surface area (TPSA) is 35.0 Å². The van der Waals surface area contributed by atoms with E-state index in [1.807, 2.05) is 13.8 Å². The van der Waals surface area contributed by atoms with Crippen molar-refractivity contribution in [2.75, 3.05) is 7.11 Å². The van der Waals surface area contributed by atoms with Gasteiger partial charge in [0.15, 0.2) is 5.69 Å². The van der Waals surface area contributed by atoms with Crippen molar-refractivity contribution < 1.29 is 17.9 Å². The quantitative estimate of drug-likeness (QED) is 0.711. The van der Waals surface area contributed by atoms with Gasteiger partial charge in [-0.3, -0.25) is 0 Å². The fourth-order valence-electron chi connectivity index (χ4n) is 0.597. The monoisotopic (exact) mass is 208 g/mol. The lowest BCUT2D eigenvalue weighted by Crippen LogP contribution is -2.08. The summed E-state index contributed by atoms with van der Waals surface area (Å²) in [4.78, 5) is 6.54. The summed E-state index contributed by atoms with van der Waals surface area (Å²) in [5.41, 5.74) is -1.01. The maximum Gasteiger partial charge on any atom is 0.433 e. The molecular formula is C8H11F3N2O. The largest absolute Gasteiger partial charge is 0.467 e. The van der Waals surface area contributed by atoms with Gasteiger partial charge in [-0.2, -0.15) is 18.2 Å². The van der Waals surface area contributed by atoms with Gasteiger partial charge in [-0.1, -0.05) is 13.8 Å². The molecular weight excluding hydrogens is 197 g/mol. The summed E-state index contributed by atoms with van der Waals surface area (Å²) in [5, 5.41) is 0. The molecule has 0 unspecified atom stereocenters. The first-order valence-electron chi connectivity index (χ1n) is 3.98. The van der Waals surface area contributed by atoms with E-state index in [9.17, 15) is 13.2 Å². The van der Waals surface area contributed by atoms with Crippen molar-refractivity contribution in [2.45, 2.75) is 20.0 Å². The molecule has 0 fully saturated rings. The van der Waals surface area contributed by atoms with Gasteiger partial charge in [0.05, 0.1) is 7.11 Å². The molecule has 6 heteroatoms. The standard InChI is InChI=1S/C6H5F3N2O.C2H6/c1-12-5-10-3-2-4(11-5)6(7,8)9;1-2/h2-3H,1H3;1-2H3. The van der Waals surface area contributed by atoms with Crippen LogP contribution >= 0.6 is 0 Å². The molecule has 1 aromatic heterocycles. The Labute approximate surface area is 79.9 Å². The first kappa shape index (κ1) is 12.7. The summed E-state index contributed by atoms with van der Waals surface area (Å²) in [6.07, 6.45) is -3.45. The van der Waals surface area contributed by atoms with Gasteiger partial charge >= 0.3 is 12.2 Å². The van der Waals surface area contributed by atoms with Crippen LogP contribution in [0, 0.1) is 0 Å². The van der Waals surface area contributed by atoms with E-state index in [1.54, 1.807) is 0 Å². The summed E-state index contributed by atoms with van der Waals surface area (Å²) in [5.74, 6) is 0. The van der Waals surface area contributed by atoms with Crippen LogP contribution in [0.4, 0.5) is 13.2 Å². The second-order valence-corrected chi connectivity index (χ2v) is 1.93. The van der Waals surface area contributed by atoms with E-state index in [-0.39, 0.29) is 6.01 Å². The number of hydrogen-bond acceptors (Lipinski definition) is 3. The van der Waals surface area contributed by atoms with Crippen LogP contribution in [0.2, 0.25) is 0 Å².